The molecule has 2 saturated heterocycles. The van der Waals surface area contributed by atoms with Crippen LogP contribution in [0.5, 0.6) is 0 Å². The van der Waals surface area contributed by atoms with Crippen molar-refractivity contribution < 1.29 is 9.53 Å². The van der Waals surface area contributed by atoms with Crippen LogP contribution in [0.25, 0.3) is 0 Å². The van der Waals surface area contributed by atoms with E-state index in [-0.39, 0.29) is 6.03 Å². The van der Waals surface area contributed by atoms with Gasteiger partial charge in [0, 0.05) is 43.7 Å². The van der Waals surface area contributed by atoms with Crippen LogP contribution in [0, 0.1) is 0 Å². The van der Waals surface area contributed by atoms with Crippen molar-refractivity contribution in [1.82, 2.24) is 14.8 Å². The van der Waals surface area contributed by atoms with Crippen LogP contribution in [0.15, 0.2) is 5.38 Å². The first-order valence-corrected chi connectivity index (χ1v) is 9.23. The van der Waals surface area contributed by atoms with Gasteiger partial charge in [0.25, 0.3) is 0 Å². The third kappa shape index (κ3) is 3.67. The normalized spacial score (nSPS) is 25.0. The van der Waals surface area contributed by atoms with Crippen LogP contribution in [0.4, 0.5) is 9.93 Å². The molecule has 2 aliphatic rings. The van der Waals surface area contributed by atoms with E-state index in [0.717, 1.165) is 25.2 Å². The second-order valence-electron chi connectivity index (χ2n) is 6.67. The van der Waals surface area contributed by atoms with Crippen LogP contribution in [0.2, 0.25) is 0 Å². The van der Waals surface area contributed by atoms with Gasteiger partial charge >= 0.3 is 6.03 Å². The number of amides is 2. The van der Waals surface area contributed by atoms with Gasteiger partial charge in [-0.05, 0) is 33.1 Å². The number of urea groups is 1. The molecule has 1 aromatic heterocycles. The lowest BCUT2D eigenvalue weighted by Crippen LogP contribution is -2.45. The Morgan fingerprint density at radius 1 is 1.43 bits per heavy atom. The van der Waals surface area contributed by atoms with E-state index in [1.54, 1.807) is 7.11 Å². The maximum atomic E-state index is 12.6. The molecule has 0 radical (unpaired) electrons. The molecule has 7 heteroatoms. The van der Waals surface area contributed by atoms with Crippen LogP contribution in [0.3, 0.4) is 0 Å². The molecule has 3 heterocycles. The standard InChI is InChI=1S/C16H26N4O2S/c1-11(2)20-13-4-5-14(20)8-19(7-6-13)16(21)18-15-17-12(9-22-3)10-23-15/h10-11,13-14H,4-9H2,1-3H3,(H,17,18,21). The number of hydrogen-bond acceptors (Lipinski definition) is 5. The van der Waals surface area contributed by atoms with Gasteiger partial charge in [0.15, 0.2) is 5.13 Å². The summed E-state index contributed by atoms with van der Waals surface area (Å²) in [5, 5.41) is 5.51. The monoisotopic (exact) mass is 338 g/mol. The Morgan fingerprint density at radius 2 is 2.22 bits per heavy atom. The zero-order chi connectivity index (χ0) is 16.4. The minimum absolute atomic E-state index is 0.0282. The van der Waals surface area contributed by atoms with Crippen molar-refractivity contribution in [3.63, 3.8) is 0 Å². The molecule has 2 amide bonds. The first kappa shape index (κ1) is 16.7. The SMILES string of the molecule is COCc1csc(NC(=O)N2CCC3CCC(C2)N3C(C)C)n1. The van der Waals surface area contributed by atoms with Crippen molar-refractivity contribution in [3.05, 3.63) is 11.1 Å². The van der Waals surface area contributed by atoms with Gasteiger partial charge < -0.3 is 9.64 Å². The summed E-state index contributed by atoms with van der Waals surface area (Å²) in [7, 11) is 1.64. The summed E-state index contributed by atoms with van der Waals surface area (Å²) >= 11 is 1.45. The molecule has 2 atom stereocenters. The first-order valence-electron chi connectivity index (χ1n) is 8.35. The summed E-state index contributed by atoms with van der Waals surface area (Å²) in [6.07, 6.45) is 3.53. The molecule has 1 N–H and O–H groups in total. The predicted octanol–water partition coefficient (Wildman–Crippen LogP) is 2.77. The zero-order valence-corrected chi connectivity index (χ0v) is 14.9. The van der Waals surface area contributed by atoms with E-state index < -0.39 is 0 Å². The Balaban J connectivity index is 1.61. The van der Waals surface area contributed by atoms with Crippen molar-refractivity contribution in [1.29, 1.82) is 0 Å². The van der Waals surface area contributed by atoms with Gasteiger partial charge in [0.1, 0.15) is 0 Å². The van der Waals surface area contributed by atoms with Gasteiger partial charge in [0.2, 0.25) is 0 Å². The van der Waals surface area contributed by atoms with Crippen LogP contribution < -0.4 is 5.32 Å². The molecule has 2 bridgehead atoms. The van der Waals surface area contributed by atoms with Crippen LogP contribution >= 0.6 is 11.3 Å². The van der Waals surface area contributed by atoms with Crippen molar-refractivity contribution in [2.45, 2.75) is 57.8 Å². The fraction of sp³-hybridized carbons (Fsp3) is 0.750. The van der Waals surface area contributed by atoms with Crippen molar-refractivity contribution in [3.8, 4) is 0 Å². The van der Waals surface area contributed by atoms with Gasteiger partial charge in [-0.25, -0.2) is 9.78 Å². The summed E-state index contributed by atoms with van der Waals surface area (Å²) in [6, 6.07) is 1.64. The average Bonchev–Trinajstić information content (AvgIpc) is 3.03. The van der Waals surface area contributed by atoms with E-state index >= 15 is 0 Å². The topological polar surface area (TPSA) is 57.7 Å². The number of hydrogen-bond donors (Lipinski definition) is 1. The number of methoxy groups -OCH3 is 1. The Morgan fingerprint density at radius 3 is 2.96 bits per heavy atom. The van der Waals surface area contributed by atoms with Crippen LogP contribution in [-0.4, -0.2) is 59.1 Å². The third-order valence-corrected chi connectivity index (χ3v) is 5.59. The first-order chi connectivity index (χ1) is 11.1. The molecule has 2 unspecified atom stereocenters. The number of likely N-dealkylation sites (tertiary alicyclic amines) is 1. The number of aromatic nitrogens is 1. The van der Waals surface area contributed by atoms with E-state index in [9.17, 15) is 4.79 Å². The molecular formula is C16H26N4O2S. The highest BCUT2D eigenvalue weighted by Crippen LogP contribution is 2.32. The Kier molecular flexibility index (Phi) is 5.18. The number of rotatable bonds is 4. The van der Waals surface area contributed by atoms with Gasteiger partial charge in [0.05, 0.1) is 12.3 Å². The summed E-state index contributed by atoms with van der Waals surface area (Å²) in [4.78, 5) is 21.5. The second kappa shape index (κ2) is 7.15. The van der Waals surface area contributed by atoms with Gasteiger partial charge in [-0.2, -0.15) is 0 Å². The number of thiazole rings is 1. The smallest absolute Gasteiger partial charge is 0.323 e. The largest absolute Gasteiger partial charge is 0.378 e. The predicted molar refractivity (Wildman–Crippen MR) is 91.8 cm³/mol. The zero-order valence-electron chi connectivity index (χ0n) is 14.1. The summed E-state index contributed by atoms with van der Waals surface area (Å²) in [5.74, 6) is 0. The van der Waals surface area contributed by atoms with E-state index in [4.69, 9.17) is 4.74 Å². The number of nitrogens with one attached hydrogen (secondary N) is 1. The molecule has 23 heavy (non-hydrogen) atoms. The van der Waals surface area contributed by atoms with Gasteiger partial charge in [-0.1, -0.05) is 0 Å². The molecule has 0 aliphatic carbocycles. The Labute approximate surface area is 141 Å². The lowest BCUT2D eigenvalue weighted by atomic mass is 10.1. The maximum Gasteiger partial charge on any atom is 0.323 e. The molecule has 0 saturated carbocycles. The minimum Gasteiger partial charge on any atom is -0.378 e. The molecule has 2 aliphatic heterocycles. The van der Waals surface area contributed by atoms with Crippen LogP contribution in [0.1, 0.15) is 38.8 Å². The van der Waals surface area contributed by atoms with Crippen molar-refractivity contribution >= 4 is 22.5 Å². The van der Waals surface area contributed by atoms with Crippen molar-refractivity contribution in [2.75, 3.05) is 25.5 Å². The number of ether oxygens (including phenoxy) is 1. The Hall–Kier alpha value is -1.18. The second-order valence-corrected chi connectivity index (χ2v) is 7.53. The summed E-state index contributed by atoms with van der Waals surface area (Å²) < 4.78 is 5.06. The van der Waals surface area contributed by atoms with Gasteiger partial charge in [-0.3, -0.25) is 10.2 Å². The number of carbonyl (C=O) groups excluding carboxylic acids is 1. The highest BCUT2D eigenvalue weighted by Gasteiger charge is 2.39. The molecule has 2 fully saturated rings. The molecule has 128 valence electrons. The highest BCUT2D eigenvalue weighted by molar-refractivity contribution is 7.13. The average molecular weight is 338 g/mol. The van der Waals surface area contributed by atoms with E-state index in [1.807, 2.05) is 10.3 Å². The fourth-order valence-electron chi connectivity index (χ4n) is 3.89. The lowest BCUT2D eigenvalue weighted by Gasteiger charge is -2.32. The lowest BCUT2D eigenvalue weighted by molar-refractivity contribution is 0.149. The fourth-order valence-corrected chi connectivity index (χ4v) is 4.57. The molecule has 3 rings (SSSR count). The molecule has 1 aromatic rings. The van der Waals surface area contributed by atoms with E-state index in [0.29, 0.717) is 29.9 Å². The van der Waals surface area contributed by atoms with Crippen molar-refractivity contribution in [2.24, 2.45) is 0 Å². The third-order valence-electron chi connectivity index (χ3n) is 4.78. The van der Waals surface area contributed by atoms with E-state index in [2.05, 4.69) is 29.0 Å². The quantitative estimate of drug-likeness (QED) is 0.917. The number of carbonyl (C=O) groups is 1. The Bertz CT molecular complexity index is 548. The van der Waals surface area contributed by atoms with Gasteiger partial charge in [-0.15, -0.1) is 11.3 Å². The minimum atomic E-state index is -0.0282. The summed E-state index contributed by atoms with van der Waals surface area (Å²) in [5.41, 5.74) is 0.855. The number of nitrogens with zero attached hydrogens (tertiary/aromatic N) is 3. The van der Waals surface area contributed by atoms with E-state index in [1.165, 1.54) is 24.2 Å². The number of fused-ring (bicyclic) bond motifs is 2. The number of anilines is 1. The molecular weight excluding hydrogens is 312 g/mol. The maximum absolute atomic E-state index is 12.6. The molecule has 0 spiro atoms. The molecule has 6 nitrogen and oxygen atoms in total. The highest BCUT2D eigenvalue weighted by atomic mass is 32.1. The van der Waals surface area contributed by atoms with Crippen LogP contribution in [-0.2, 0) is 11.3 Å². The molecule has 0 aromatic carbocycles. The summed E-state index contributed by atoms with van der Waals surface area (Å²) in [6.45, 7) is 6.63.